The number of nitrogens with one attached hydrogen (secondary N) is 2. The molecule has 3 N–H and O–H groups in total. The van der Waals surface area contributed by atoms with Crippen molar-refractivity contribution >= 4 is 21.8 Å². The summed E-state index contributed by atoms with van der Waals surface area (Å²) in [5.41, 5.74) is 1.08. The molecule has 1 aromatic carbocycles. The molecule has 214 valence electrons. The highest BCUT2D eigenvalue weighted by Gasteiger charge is 2.45. The van der Waals surface area contributed by atoms with Gasteiger partial charge in [-0.1, -0.05) is 52.0 Å². The van der Waals surface area contributed by atoms with Gasteiger partial charge in [-0.15, -0.1) is 5.10 Å². The van der Waals surface area contributed by atoms with Crippen molar-refractivity contribution in [3.05, 3.63) is 41.7 Å². The Bertz CT molecular complexity index is 1280. The Morgan fingerprint density at radius 1 is 1.15 bits per heavy atom. The molecule has 0 spiro atoms. The van der Waals surface area contributed by atoms with Crippen LogP contribution in [0.15, 0.2) is 35.4 Å². The molecule has 1 aliphatic carbocycles. The summed E-state index contributed by atoms with van der Waals surface area (Å²) in [6.45, 7) is 10.2. The number of likely N-dealkylation sites (tertiary alicyclic amines) is 1. The van der Waals surface area contributed by atoms with Crippen LogP contribution in [0.4, 0.5) is 0 Å². The molecule has 2 amide bonds. The van der Waals surface area contributed by atoms with E-state index in [1.807, 2.05) is 40.8 Å². The van der Waals surface area contributed by atoms with Gasteiger partial charge in [0.1, 0.15) is 12.1 Å². The van der Waals surface area contributed by atoms with Crippen LogP contribution in [-0.4, -0.2) is 70.5 Å². The Hall–Kier alpha value is -2.83. The largest absolute Gasteiger partial charge is 0.391 e. The van der Waals surface area contributed by atoms with E-state index < -0.39 is 33.6 Å². The summed E-state index contributed by atoms with van der Waals surface area (Å²) in [6.07, 6.45) is 3.29. The second kappa shape index (κ2) is 11.3. The molecule has 11 nitrogen and oxygen atoms in total. The maximum atomic E-state index is 13.8. The lowest BCUT2D eigenvalue weighted by molar-refractivity contribution is -0.144. The van der Waals surface area contributed by atoms with E-state index in [-0.39, 0.29) is 42.1 Å². The minimum atomic E-state index is -3.60. The van der Waals surface area contributed by atoms with Crippen LogP contribution in [0.5, 0.6) is 0 Å². The van der Waals surface area contributed by atoms with Gasteiger partial charge in [0.05, 0.1) is 16.7 Å². The molecule has 2 unspecified atom stereocenters. The van der Waals surface area contributed by atoms with Crippen molar-refractivity contribution in [1.29, 1.82) is 0 Å². The number of carbonyl (C=O) groups excluding carboxylic acids is 2. The van der Waals surface area contributed by atoms with Crippen LogP contribution in [0.25, 0.3) is 0 Å². The van der Waals surface area contributed by atoms with Crippen LogP contribution in [0.3, 0.4) is 0 Å². The zero-order valence-corrected chi connectivity index (χ0v) is 24.1. The lowest BCUT2D eigenvalue weighted by Crippen LogP contribution is -2.50. The maximum Gasteiger partial charge on any atom is 0.248 e. The van der Waals surface area contributed by atoms with Gasteiger partial charge >= 0.3 is 0 Å². The number of carbonyl (C=O) groups is 2. The molecule has 2 heterocycles. The number of aromatic nitrogens is 3. The average Bonchev–Trinajstić information content (AvgIpc) is 3.47. The molecule has 1 saturated heterocycles. The number of rotatable bonds is 10. The van der Waals surface area contributed by atoms with Gasteiger partial charge in [0.2, 0.25) is 21.8 Å². The standard InChI is InChI=1S/C27H40N6O5S/c1-17(2)13-29-39(37,38)21-10-6-18(7-11-21)14-28-25(35)23-12-20(34)15-32(23)26(36)24(27(3,4)5)33-16-22(30-31-33)19-8-9-19/h6-7,10-11,16-17,19-20,23-24,29,34H,8-9,12-15H2,1-5H3,(H,28,35)/t20?,23?,24-/m1/s1. The number of sulfonamides is 1. The molecule has 3 atom stereocenters. The first-order valence-electron chi connectivity index (χ1n) is 13.5. The van der Waals surface area contributed by atoms with Gasteiger partial charge in [-0.3, -0.25) is 9.59 Å². The van der Waals surface area contributed by atoms with Crippen molar-refractivity contribution < 1.29 is 23.1 Å². The van der Waals surface area contributed by atoms with Crippen LogP contribution in [0.1, 0.15) is 77.1 Å². The summed E-state index contributed by atoms with van der Waals surface area (Å²) < 4.78 is 29.0. The van der Waals surface area contributed by atoms with Gasteiger partial charge in [-0.05, 0) is 41.9 Å². The molecule has 1 aliphatic heterocycles. The van der Waals surface area contributed by atoms with Gasteiger partial charge in [0.15, 0.2) is 0 Å². The Labute approximate surface area is 230 Å². The molecule has 0 radical (unpaired) electrons. The normalized spacial score (nSPS) is 20.8. The average molecular weight is 561 g/mol. The molecule has 2 fully saturated rings. The molecular formula is C27H40N6O5S. The summed E-state index contributed by atoms with van der Waals surface area (Å²) in [7, 11) is -3.60. The molecule has 2 aliphatic rings. The number of amides is 2. The number of nitrogens with zero attached hydrogens (tertiary/aromatic N) is 4. The smallest absolute Gasteiger partial charge is 0.248 e. The first-order chi connectivity index (χ1) is 18.3. The third-order valence-electron chi connectivity index (χ3n) is 7.09. The quantitative estimate of drug-likeness (QED) is 0.403. The predicted molar refractivity (Wildman–Crippen MR) is 145 cm³/mol. The molecular weight excluding hydrogens is 520 g/mol. The molecule has 2 aromatic rings. The highest BCUT2D eigenvalue weighted by atomic mass is 32.2. The Morgan fingerprint density at radius 2 is 1.82 bits per heavy atom. The second-order valence-electron chi connectivity index (χ2n) is 12.2. The molecule has 1 aromatic heterocycles. The van der Waals surface area contributed by atoms with E-state index in [1.165, 1.54) is 17.0 Å². The van der Waals surface area contributed by atoms with Crippen molar-refractivity contribution in [3.63, 3.8) is 0 Å². The molecule has 39 heavy (non-hydrogen) atoms. The van der Waals surface area contributed by atoms with Gasteiger partial charge in [0, 0.05) is 38.2 Å². The summed E-state index contributed by atoms with van der Waals surface area (Å²) in [4.78, 5) is 28.6. The first-order valence-corrected chi connectivity index (χ1v) is 15.0. The fourth-order valence-corrected chi connectivity index (χ4v) is 5.99. The molecule has 4 rings (SSSR count). The summed E-state index contributed by atoms with van der Waals surface area (Å²) in [6, 6.07) is 4.78. The van der Waals surface area contributed by atoms with E-state index in [2.05, 4.69) is 20.4 Å². The van der Waals surface area contributed by atoms with Crippen molar-refractivity contribution in [2.24, 2.45) is 11.3 Å². The SMILES string of the molecule is CC(C)CNS(=O)(=O)c1ccc(CNC(=O)C2CC(O)CN2C(=O)[C@@H](n2cc(C3CC3)nn2)C(C)(C)C)cc1. The molecule has 0 bridgehead atoms. The van der Waals surface area contributed by atoms with E-state index in [0.717, 1.165) is 18.5 Å². The zero-order valence-electron chi connectivity index (χ0n) is 23.3. The van der Waals surface area contributed by atoms with E-state index >= 15 is 0 Å². The van der Waals surface area contributed by atoms with Crippen molar-refractivity contribution in [2.45, 2.75) is 89.4 Å². The third kappa shape index (κ3) is 7.03. The van der Waals surface area contributed by atoms with E-state index in [0.29, 0.717) is 18.0 Å². The first kappa shape index (κ1) is 29.2. The minimum Gasteiger partial charge on any atom is -0.391 e. The van der Waals surface area contributed by atoms with Crippen molar-refractivity contribution in [2.75, 3.05) is 13.1 Å². The highest BCUT2D eigenvalue weighted by Crippen LogP contribution is 2.40. The number of benzene rings is 1. The number of aliphatic hydroxyl groups excluding tert-OH is 1. The van der Waals surface area contributed by atoms with Crippen LogP contribution in [0, 0.1) is 11.3 Å². The second-order valence-corrected chi connectivity index (χ2v) is 13.9. The van der Waals surface area contributed by atoms with Crippen LogP contribution < -0.4 is 10.0 Å². The summed E-state index contributed by atoms with van der Waals surface area (Å²) in [5, 5.41) is 21.8. The third-order valence-corrected chi connectivity index (χ3v) is 8.53. The highest BCUT2D eigenvalue weighted by molar-refractivity contribution is 7.89. The van der Waals surface area contributed by atoms with Crippen LogP contribution >= 0.6 is 0 Å². The number of β-amino-alcohol motifs (C(OH)–C–C–N with tert-alkyl or cyclic N) is 1. The lowest BCUT2D eigenvalue weighted by Gasteiger charge is -2.34. The van der Waals surface area contributed by atoms with E-state index in [4.69, 9.17) is 0 Å². The van der Waals surface area contributed by atoms with Crippen LogP contribution in [0.2, 0.25) is 0 Å². The van der Waals surface area contributed by atoms with Crippen molar-refractivity contribution in [1.82, 2.24) is 29.9 Å². The van der Waals surface area contributed by atoms with Gasteiger partial charge in [-0.25, -0.2) is 17.8 Å². The minimum absolute atomic E-state index is 0.0591. The monoisotopic (exact) mass is 560 g/mol. The maximum absolute atomic E-state index is 13.8. The molecule has 1 saturated carbocycles. The molecule has 12 heteroatoms. The fraction of sp³-hybridized carbons (Fsp3) is 0.630. The fourth-order valence-electron chi connectivity index (χ4n) is 4.78. The Kier molecular flexibility index (Phi) is 8.48. The van der Waals surface area contributed by atoms with Gasteiger partial charge in [-0.2, -0.15) is 0 Å². The number of hydrogen-bond acceptors (Lipinski definition) is 7. The Morgan fingerprint density at radius 3 is 2.41 bits per heavy atom. The van der Waals surface area contributed by atoms with Crippen LogP contribution in [-0.2, 0) is 26.2 Å². The predicted octanol–water partition coefficient (Wildman–Crippen LogP) is 1.96. The zero-order chi connectivity index (χ0) is 28.5. The topological polar surface area (TPSA) is 147 Å². The van der Waals surface area contributed by atoms with Gasteiger partial charge in [0.25, 0.3) is 0 Å². The summed E-state index contributed by atoms with van der Waals surface area (Å²) in [5.74, 6) is -0.0768. The van der Waals surface area contributed by atoms with E-state index in [1.54, 1.807) is 16.8 Å². The van der Waals surface area contributed by atoms with Gasteiger partial charge < -0.3 is 15.3 Å². The summed E-state index contributed by atoms with van der Waals surface area (Å²) >= 11 is 0. The number of hydrogen-bond donors (Lipinski definition) is 3. The lowest BCUT2D eigenvalue weighted by atomic mass is 9.85. The number of aliphatic hydroxyl groups is 1. The Balaban J connectivity index is 1.43. The van der Waals surface area contributed by atoms with Crippen molar-refractivity contribution in [3.8, 4) is 0 Å². The van der Waals surface area contributed by atoms with E-state index in [9.17, 15) is 23.1 Å².